The highest BCUT2D eigenvalue weighted by Gasteiger charge is 2.18. The minimum Gasteiger partial charge on any atom is -0.286 e. The van der Waals surface area contributed by atoms with Gasteiger partial charge in [-0.2, -0.15) is 5.10 Å². The van der Waals surface area contributed by atoms with Crippen LogP contribution in [0.2, 0.25) is 0 Å². The van der Waals surface area contributed by atoms with Gasteiger partial charge >= 0.3 is 0 Å². The minimum absolute atomic E-state index is 0.181. The molecule has 20 heavy (non-hydrogen) atoms. The van der Waals surface area contributed by atoms with E-state index in [-0.39, 0.29) is 5.91 Å². The molecule has 0 spiro atoms. The second-order valence-corrected chi connectivity index (χ2v) is 6.28. The van der Waals surface area contributed by atoms with Gasteiger partial charge in [0.25, 0.3) is 5.91 Å². The number of imidazole rings is 1. The van der Waals surface area contributed by atoms with E-state index in [0.717, 1.165) is 48.0 Å². The number of nitrogens with one attached hydrogen (secondary N) is 1. The molecule has 0 radical (unpaired) electrons. The lowest BCUT2D eigenvalue weighted by Crippen LogP contribution is -2.23. The van der Waals surface area contributed by atoms with Gasteiger partial charge in [0.15, 0.2) is 4.96 Å². The van der Waals surface area contributed by atoms with Crippen LogP contribution in [0, 0.1) is 12.8 Å². The summed E-state index contributed by atoms with van der Waals surface area (Å²) in [6, 6.07) is 0. The second-order valence-electron chi connectivity index (χ2n) is 5.40. The largest absolute Gasteiger partial charge is 0.290 e. The third-order valence-electron chi connectivity index (χ3n) is 3.82. The summed E-state index contributed by atoms with van der Waals surface area (Å²) in [6.45, 7) is 4.11. The fraction of sp³-hybridized carbons (Fsp3) is 0.500. The van der Waals surface area contributed by atoms with Crippen molar-refractivity contribution in [2.75, 3.05) is 0 Å². The minimum atomic E-state index is -0.181. The number of hydrogen-bond donors (Lipinski definition) is 1. The van der Waals surface area contributed by atoms with Gasteiger partial charge in [0.2, 0.25) is 0 Å². The van der Waals surface area contributed by atoms with Crippen molar-refractivity contribution in [1.29, 1.82) is 0 Å². The van der Waals surface area contributed by atoms with Crippen molar-refractivity contribution >= 4 is 27.9 Å². The van der Waals surface area contributed by atoms with Crippen LogP contribution >= 0.6 is 11.3 Å². The van der Waals surface area contributed by atoms with Gasteiger partial charge < -0.3 is 0 Å². The second kappa shape index (κ2) is 5.36. The number of fused-ring (bicyclic) bond motifs is 1. The molecule has 0 bridgehead atoms. The summed E-state index contributed by atoms with van der Waals surface area (Å²) in [4.78, 5) is 17.5. The SMILES string of the molecule is Cc1nc2sccn2c1C(=O)NN=C1CCC(C)CC1. The molecule has 1 N–H and O–H groups in total. The number of thiazole rings is 1. The molecule has 3 rings (SSSR count). The van der Waals surface area contributed by atoms with E-state index < -0.39 is 0 Å². The number of aryl methyl sites for hydroxylation is 1. The lowest BCUT2D eigenvalue weighted by molar-refractivity contribution is 0.0948. The van der Waals surface area contributed by atoms with E-state index in [9.17, 15) is 4.79 Å². The van der Waals surface area contributed by atoms with Crippen molar-refractivity contribution in [1.82, 2.24) is 14.8 Å². The Morgan fingerprint density at radius 2 is 2.25 bits per heavy atom. The number of hydrogen-bond acceptors (Lipinski definition) is 4. The quantitative estimate of drug-likeness (QED) is 0.864. The van der Waals surface area contributed by atoms with Crippen LogP contribution in [0.3, 0.4) is 0 Å². The summed E-state index contributed by atoms with van der Waals surface area (Å²) in [5.41, 5.74) is 5.10. The third-order valence-corrected chi connectivity index (χ3v) is 4.58. The molecule has 0 atom stereocenters. The van der Waals surface area contributed by atoms with E-state index in [1.165, 1.54) is 11.3 Å². The number of aromatic nitrogens is 2. The van der Waals surface area contributed by atoms with Crippen molar-refractivity contribution in [3.63, 3.8) is 0 Å². The molecule has 1 aliphatic rings. The van der Waals surface area contributed by atoms with Crippen LogP contribution in [-0.4, -0.2) is 21.0 Å². The Morgan fingerprint density at radius 1 is 1.50 bits per heavy atom. The molecule has 1 amide bonds. The topological polar surface area (TPSA) is 58.8 Å². The molecular formula is C14H18N4OS. The molecule has 2 heterocycles. The molecule has 0 aliphatic heterocycles. The Kier molecular flexibility index (Phi) is 3.56. The van der Waals surface area contributed by atoms with Gasteiger partial charge in [0.1, 0.15) is 5.69 Å². The van der Waals surface area contributed by atoms with Crippen LogP contribution in [0.25, 0.3) is 4.96 Å². The first-order valence-electron chi connectivity index (χ1n) is 6.93. The van der Waals surface area contributed by atoms with Crippen molar-refractivity contribution in [3.8, 4) is 0 Å². The monoisotopic (exact) mass is 290 g/mol. The summed E-state index contributed by atoms with van der Waals surface area (Å²) < 4.78 is 1.82. The fourth-order valence-electron chi connectivity index (χ4n) is 2.56. The lowest BCUT2D eigenvalue weighted by Gasteiger charge is -2.18. The zero-order valence-corrected chi connectivity index (χ0v) is 12.5. The summed E-state index contributed by atoms with van der Waals surface area (Å²) >= 11 is 1.52. The van der Waals surface area contributed by atoms with Gasteiger partial charge in [0, 0.05) is 17.3 Å². The lowest BCUT2D eigenvalue weighted by atomic mass is 9.90. The maximum atomic E-state index is 12.3. The smallest absolute Gasteiger partial charge is 0.286 e. The molecule has 0 unspecified atom stereocenters. The van der Waals surface area contributed by atoms with Crippen molar-refractivity contribution < 1.29 is 4.79 Å². The Labute approximate surface area is 121 Å². The Balaban J connectivity index is 1.75. The number of rotatable bonds is 2. The first-order chi connectivity index (χ1) is 9.65. The summed E-state index contributed by atoms with van der Waals surface area (Å²) in [5, 5.41) is 6.21. The molecule has 2 aromatic rings. The van der Waals surface area contributed by atoms with E-state index in [1.54, 1.807) is 0 Å². The fourth-order valence-corrected chi connectivity index (χ4v) is 3.32. The Bertz CT molecular complexity index is 660. The predicted molar refractivity (Wildman–Crippen MR) is 80.3 cm³/mol. The van der Waals surface area contributed by atoms with Gasteiger partial charge in [-0.05, 0) is 38.5 Å². The van der Waals surface area contributed by atoms with E-state index in [1.807, 2.05) is 22.9 Å². The molecule has 5 nitrogen and oxygen atoms in total. The van der Waals surface area contributed by atoms with Crippen LogP contribution in [0.5, 0.6) is 0 Å². The molecule has 1 fully saturated rings. The van der Waals surface area contributed by atoms with E-state index in [4.69, 9.17) is 0 Å². The first-order valence-corrected chi connectivity index (χ1v) is 7.81. The van der Waals surface area contributed by atoms with Gasteiger partial charge in [-0.25, -0.2) is 10.4 Å². The van der Waals surface area contributed by atoms with Gasteiger partial charge in [0.05, 0.1) is 5.69 Å². The highest BCUT2D eigenvalue weighted by Crippen LogP contribution is 2.21. The zero-order chi connectivity index (χ0) is 14.1. The molecule has 0 saturated heterocycles. The standard InChI is InChI=1S/C14H18N4OS/c1-9-3-5-11(6-4-9)16-17-13(19)12-10(2)15-14-18(12)7-8-20-14/h7-9H,3-6H2,1-2H3,(H,17,19). The first kappa shape index (κ1) is 13.3. The Morgan fingerprint density at radius 3 is 3.00 bits per heavy atom. The molecule has 2 aromatic heterocycles. The molecule has 6 heteroatoms. The van der Waals surface area contributed by atoms with E-state index >= 15 is 0 Å². The number of hydrazone groups is 1. The molecule has 106 valence electrons. The molecule has 1 saturated carbocycles. The predicted octanol–water partition coefficient (Wildman–Crippen LogP) is 3.00. The van der Waals surface area contributed by atoms with Gasteiger partial charge in [-0.15, -0.1) is 11.3 Å². The average Bonchev–Trinajstić information content (AvgIpc) is 2.97. The van der Waals surface area contributed by atoms with Crippen molar-refractivity contribution in [2.45, 2.75) is 39.5 Å². The maximum Gasteiger partial charge on any atom is 0.290 e. The van der Waals surface area contributed by atoms with Crippen LogP contribution < -0.4 is 5.43 Å². The zero-order valence-electron chi connectivity index (χ0n) is 11.7. The highest BCUT2D eigenvalue weighted by atomic mass is 32.1. The molecule has 0 aromatic carbocycles. The maximum absolute atomic E-state index is 12.3. The van der Waals surface area contributed by atoms with Crippen molar-refractivity contribution in [2.24, 2.45) is 11.0 Å². The van der Waals surface area contributed by atoms with Crippen LogP contribution in [0.1, 0.15) is 48.8 Å². The highest BCUT2D eigenvalue weighted by molar-refractivity contribution is 7.15. The number of carbonyl (C=O) groups excluding carboxylic acids is 1. The van der Waals surface area contributed by atoms with Crippen LogP contribution in [0.4, 0.5) is 0 Å². The number of carbonyl (C=O) groups is 1. The summed E-state index contributed by atoms with van der Waals surface area (Å²) in [7, 11) is 0. The van der Waals surface area contributed by atoms with Crippen LogP contribution in [-0.2, 0) is 0 Å². The Hall–Kier alpha value is -1.69. The third kappa shape index (κ3) is 2.47. The van der Waals surface area contributed by atoms with Gasteiger partial charge in [-0.3, -0.25) is 9.20 Å². The molecule has 1 aliphatic carbocycles. The van der Waals surface area contributed by atoms with E-state index in [2.05, 4.69) is 22.4 Å². The summed E-state index contributed by atoms with van der Waals surface area (Å²) in [5.74, 6) is 0.590. The normalized spacial score (nSPS) is 19.3. The molecular weight excluding hydrogens is 272 g/mol. The van der Waals surface area contributed by atoms with E-state index in [0.29, 0.717) is 5.69 Å². The summed E-state index contributed by atoms with van der Waals surface area (Å²) in [6.07, 6.45) is 6.16. The number of nitrogens with zero attached hydrogens (tertiary/aromatic N) is 3. The van der Waals surface area contributed by atoms with Gasteiger partial charge in [-0.1, -0.05) is 6.92 Å². The van der Waals surface area contributed by atoms with Crippen LogP contribution in [0.15, 0.2) is 16.7 Å². The average molecular weight is 290 g/mol. The number of amides is 1. The van der Waals surface area contributed by atoms with Crippen molar-refractivity contribution in [3.05, 3.63) is 23.0 Å².